The van der Waals surface area contributed by atoms with Crippen LogP contribution in [0.3, 0.4) is 0 Å². The Kier molecular flexibility index (Phi) is 4.72. The Morgan fingerprint density at radius 1 is 1.65 bits per heavy atom. The monoisotopic (exact) mass is 256 g/mol. The lowest BCUT2D eigenvalue weighted by atomic mass is 10.2. The second-order valence-corrected chi connectivity index (χ2v) is 4.63. The first-order valence-electron chi connectivity index (χ1n) is 5.26. The van der Waals surface area contributed by atoms with E-state index in [1.165, 1.54) is 12.3 Å². The van der Waals surface area contributed by atoms with Gasteiger partial charge in [0, 0.05) is 18.8 Å². The van der Waals surface area contributed by atoms with Crippen LogP contribution in [0.1, 0.15) is 17.3 Å². The fourth-order valence-corrected chi connectivity index (χ4v) is 1.71. The third kappa shape index (κ3) is 4.20. The molecule has 1 atom stereocenters. The molecule has 3 N–H and O–H groups in total. The Hall–Kier alpha value is -1.33. The Labute approximate surface area is 106 Å². The van der Waals surface area contributed by atoms with Crippen LogP contribution in [0.5, 0.6) is 0 Å². The summed E-state index contributed by atoms with van der Waals surface area (Å²) in [6, 6.07) is 1.50. The summed E-state index contributed by atoms with van der Waals surface area (Å²) in [6.45, 7) is 2.68. The quantitative estimate of drug-likeness (QED) is 0.843. The van der Waals surface area contributed by atoms with E-state index in [0.29, 0.717) is 10.6 Å². The molecule has 1 amide bonds. The number of carbonyl (C=O) groups is 1. The molecule has 0 radical (unpaired) electrons. The molecule has 0 aliphatic carbocycles. The van der Waals surface area contributed by atoms with Crippen molar-refractivity contribution >= 4 is 23.3 Å². The molecule has 1 heterocycles. The molecule has 0 spiro atoms. The number of hydrogen-bond acceptors (Lipinski definition) is 4. The Bertz CT molecular complexity index is 408. The van der Waals surface area contributed by atoms with Crippen LogP contribution < -0.4 is 11.1 Å². The fourth-order valence-electron chi connectivity index (χ4n) is 1.52. The van der Waals surface area contributed by atoms with Crippen LogP contribution >= 0.6 is 11.6 Å². The molecule has 0 aromatic carbocycles. The zero-order valence-corrected chi connectivity index (χ0v) is 11.0. The fraction of sp³-hybridized carbons (Fsp3) is 0.455. The molecule has 1 rings (SSSR count). The Balaban J connectivity index is 2.73. The lowest BCUT2D eigenvalue weighted by molar-refractivity contribution is 0.0934. The van der Waals surface area contributed by atoms with Crippen molar-refractivity contribution in [3.05, 3.63) is 22.8 Å². The molecule has 0 saturated carbocycles. The number of amides is 1. The smallest absolute Gasteiger partial charge is 0.253 e. The first-order valence-corrected chi connectivity index (χ1v) is 5.64. The van der Waals surface area contributed by atoms with Crippen molar-refractivity contribution in [3.63, 3.8) is 0 Å². The normalized spacial score (nSPS) is 12.5. The number of carbonyl (C=O) groups excluding carboxylic acids is 1. The second-order valence-electron chi connectivity index (χ2n) is 4.23. The molecular weight excluding hydrogens is 240 g/mol. The van der Waals surface area contributed by atoms with Gasteiger partial charge < -0.3 is 16.0 Å². The van der Waals surface area contributed by atoms with Gasteiger partial charge in [0.05, 0.1) is 10.6 Å². The van der Waals surface area contributed by atoms with Crippen molar-refractivity contribution in [1.82, 2.24) is 15.2 Å². The van der Waals surface area contributed by atoms with E-state index in [1.807, 2.05) is 25.9 Å². The number of halogens is 1. The molecule has 1 aromatic rings. The molecule has 0 bridgehead atoms. The first kappa shape index (κ1) is 13.7. The largest absolute Gasteiger partial charge is 0.384 e. The van der Waals surface area contributed by atoms with Gasteiger partial charge >= 0.3 is 0 Å². The number of anilines is 1. The van der Waals surface area contributed by atoms with Crippen LogP contribution in [-0.2, 0) is 0 Å². The lowest BCUT2D eigenvalue weighted by Crippen LogP contribution is -2.39. The highest BCUT2D eigenvalue weighted by molar-refractivity contribution is 6.33. The molecule has 0 saturated heterocycles. The Morgan fingerprint density at radius 3 is 2.88 bits per heavy atom. The maximum absolute atomic E-state index is 11.9. The molecular formula is C11H17ClN4O. The topological polar surface area (TPSA) is 71.2 Å². The maximum atomic E-state index is 11.9. The van der Waals surface area contributed by atoms with Gasteiger partial charge in [-0.1, -0.05) is 11.6 Å². The van der Waals surface area contributed by atoms with Gasteiger partial charge in [-0.25, -0.2) is 4.98 Å². The van der Waals surface area contributed by atoms with Gasteiger partial charge in [-0.3, -0.25) is 4.79 Å². The van der Waals surface area contributed by atoms with E-state index < -0.39 is 0 Å². The number of nitrogens with one attached hydrogen (secondary N) is 1. The van der Waals surface area contributed by atoms with Crippen LogP contribution in [0.2, 0.25) is 5.02 Å². The third-order valence-corrected chi connectivity index (χ3v) is 2.44. The molecule has 94 valence electrons. The molecule has 1 unspecified atom stereocenters. The summed E-state index contributed by atoms with van der Waals surface area (Å²) in [7, 11) is 3.89. The van der Waals surface area contributed by atoms with Gasteiger partial charge in [-0.2, -0.15) is 0 Å². The summed E-state index contributed by atoms with van der Waals surface area (Å²) in [4.78, 5) is 17.7. The van der Waals surface area contributed by atoms with Gasteiger partial charge in [0.25, 0.3) is 5.91 Å². The molecule has 5 nitrogen and oxygen atoms in total. The van der Waals surface area contributed by atoms with E-state index in [1.54, 1.807) is 0 Å². The van der Waals surface area contributed by atoms with Gasteiger partial charge in [-0.15, -0.1) is 0 Å². The summed E-state index contributed by atoms with van der Waals surface area (Å²) in [5.74, 6) is 0.0401. The molecule has 6 heteroatoms. The van der Waals surface area contributed by atoms with E-state index in [0.717, 1.165) is 6.54 Å². The highest BCUT2D eigenvalue weighted by atomic mass is 35.5. The summed E-state index contributed by atoms with van der Waals surface area (Å²) >= 11 is 5.89. The van der Waals surface area contributed by atoms with Gasteiger partial charge in [0.1, 0.15) is 5.82 Å². The minimum absolute atomic E-state index is 0.0305. The van der Waals surface area contributed by atoms with Crippen LogP contribution in [0, 0.1) is 0 Å². The number of pyridine rings is 1. The first-order chi connectivity index (χ1) is 7.90. The van der Waals surface area contributed by atoms with E-state index in [4.69, 9.17) is 17.3 Å². The van der Waals surface area contributed by atoms with Crippen molar-refractivity contribution < 1.29 is 4.79 Å². The molecule has 0 fully saturated rings. The van der Waals surface area contributed by atoms with E-state index >= 15 is 0 Å². The molecule has 1 aromatic heterocycles. The van der Waals surface area contributed by atoms with Crippen LogP contribution in [0.4, 0.5) is 5.82 Å². The second kappa shape index (κ2) is 5.84. The van der Waals surface area contributed by atoms with Gasteiger partial charge in [0.15, 0.2) is 0 Å². The number of nitrogen functional groups attached to an aromatic ring is 1. The van der Waals surface area contributed by atoms with Crippen LogP contribution in [-0.4, -0.2) is 42.5 Å². The van der Waals surface area contributed by atoms with Crippen molar-refractivity contribution in [2.75, 3.05) is 26.4 Å². The van der Waals surface area contributed by atoms with Crippen molar-refractivity contribution in [2.24, 2.45) is 0 Å². The van der Waals surface area contributed by atoms with Crippen LogP contribution in [0.15, 0.2) is 12.3 Å². The number of rotatable bonds is 4. The maximum Gasteiger partial charge on any atom is 0.253 e. The number of nitrogens with two attached hydrogens (primary N) is 1. The van der Waals surface area contributed by atoms with E-state index in [2.05, 4.69) is 10.3 Å². The SMILES string of the molecule is CC(CN(C)C)NC(=O)c1cc(N)ncc1Cl. The van der Waals surface area contributed by atoms with E-state index in [9.17, 15) is 4.79 Å². The van der Waals surface area contributed by atoms with Crippen LogP contribution in [0.25, 0.3) is 0 Å². The molecule has 0 aliphatic heterocycles. The van der Waals surface area contributed by atoms with Gasteiger partial charge in [-0.05, 0) is 27.1 Å². The van der Waals surface area contributed by atoms with Crippen molar-refractivity contribution in [2.45, 2.75) is 13.0 Å². The highest BCUT2D eigenvalue weighted by Gasteiger charge is 2.14. The van der Waals surface area contributed by atoms with Crippen molar-refractivity contribution in [3.8, 4) is 0 Å². The summed E-state index contributed by atoms with van der Waals surface area (Å²) in [5, 5.41) is 3.15. The summed E-state index contributed by atoms with van der Waals surface area (Å²) in [5.41, 5.74) is 5.87. The average Bonchev–Trinajstić information content (AvgIpc) is 2.20. The summed E-state index contributed by atoms with van der Waals surface area (Å²) < 4.78 is 0. The predicted molar refractivity (Wildman–Crippen MR) is 69.1 cm³/mol. The van der Waals surface area contributed by atoms with E-state index in [-0.39, 0.29) is 17.8 Å². The zero-order valence-electron chi connectivity index (χ0n) is 10.2. The highest BCUT2D eigenvalue weighted by Crippen LogP contribution is 2.16. The number of hydrogen-bond donors (Lipinski definition) is 2. The minimum atomic E-state index is -0.238. The number of aromatic nitrogens is 1. The Morgan fingerprint density at radius 2 is 2.29 bits per heavy atom. The standard InChI is InChI=1S/C11H17ClN4O/c1-7(6-16(2)3)15-11(17)8-4-10(13)14-5-9(8)12/h4-5,7H,6H2,1-3H3,(H2,13,14)(H,15,17). The van der Waals surface area contributed by atoms with Crippen molar-refractivity contribution in [1.29, 1.82) is 0 Å². The summed E-state index contributed by atoms with van der Waals surface area (Å²) in [6.07, 6.45) is 1.38. The zero-order chi connectivity index (χ0) is 13.0. The average molecular weight is 257 g/mol. The van der Waals surface area contributed by atoms with Gasteiger partial charge in [0.2, 0.25) is 0 Å². The number of likely N-dealkylation sites (N-methyl/N-ethyl adjacent to an activating group) is 1. The lowest BCUT2D eigenvalue weighted by Gasteiger charge is -2.18. The predicted octanol–water partition coefficient (Wildman–Crippen LogP) is 0.997. The molecule has 17 heavy (non-hydrogen) atoms. The number of nitrogens with zero attached hydrogens (tertiary/aromatic N) is 2. The minimum Gasteiger partial charge on any atom is -0.384 e. The third-order valence-electron chi connectivity index (χ3n) is 2.14. The molecule has 0 aliphatic rings.